The second-order valence-electron chi connectivity index (χ2n) is 9.21. The molecule has 0 aliphatic carbocycles. The van der Waals surface area contributed by atoms with E-state index in [2.05, 4.69) is 75.3 Å². The van der Waals surface area contributed by atoms with Gasteiger partial charge in [0, 0.05) is 24.4 Å². The molecule has 0 saturated heterocycles. The van der Waals surface area contributed by atoms with Crippen molar-refractivity contribution in [3.63, 3.8) is 0 Å². The maximum atomic E-state index is 10.8. The van der Waals surface area contributed by atoms with Gasteiger partial charge in [0.25, 0.3) is 0 Å². The second-order valence-corrected chi connectivity index (χ2v) is 14.0. The SMILES string of the molecule is CC(C)(C)[Si](C)(C)OCc1ccccc1/C(=C\CCCCC(=O)O)c1cccnc1. The molecule has 1 aromatic carbocycles. The molecule has 1 N–H and O–H groups in total. The van der Waals surface area contributed by atoms with Crippen molar-refractivity contribution in [3.8, 4) is 0 Å². The van der Waals surface area contributed by atoms with E-state index in [-0.39, 0.29) is 11.5 Å². The molecule has 0 bridgehead atoms. The minimum Gasteiger partial charge on any atom is -0.481 e. The van der Waals surface area contributed by atoms with Gasteiger partial charge < -0.3 is 9.53 Å². The number of rotatable bonds is 10. The Morgan fingerprint density at radius 3 is 2.50 bits per heavy atom. The molecule has 0 fully saturated rings. The number of pyridine rings is 1. The van der Waals surface area contributed by atoms with Crippen LogP contribution in [0.3, 0.4) is 0 Å². The van der Waals surface area contributed by atoms with E-state index in [0.717, 1.165) is 29.5 Å². The molecular formula is C25H35NO3Si. The summed E-state index contributed by atoms with van der Waals surface area (Å²) >= 11 is 0. The highest BCUT2D eigenvalue weighted by Crippen LogP contribution is 2.37. The van der Waals surface area contributed by atoms with Gasteiger partial charge in [-0.2, -0.15) is 0 Å². The van der Waals surface area contributed by atoms with Crippen LogP contribution >= 0.6 is 0 Å². The van der Waals surface area contributed by atoms with E-state index in [4.69, 9.17) is 9.53 Å². The fraction of sp³-hybridized carbons (Fsp3) is 0.440. The molecule has 0 unspecified atom stereocenters. The standard InChI is InChI=1S/C25H35NO3Si/c1-25(2,3)30(4,5)29-19-21-12-9-10-15-23(21)22(20-13-11-17-26-18-20)14-7-6-8-16-24(27)28/h9-15,17-18H,6-8,16,19H2,1-5H3,(H,27,28)/b22-14-. The number of hydrogen-bond donors (Lipinski definition) is 1. The van der Waals surface area contributed by atoms with Gasteiger partial charge in [-0.25, -0.2) is 0 Å². The van der Waals surface area contributed by atoms with E-state index < -0.39 is 14.3 Å². The first-order valence-corrected chi connectivity index (χ1v) is 13.6. The Kier molecular flexibility index (Phi) is 8.56. The number of carboxylic acid groups (broad SMARTS) is 1. The molecule has 2 aromatic rings. The number of nitrogens with zero attached hydrogens (tertiary/aromatic N) is 1. The van der Waals surface area contributed by atoms with Crippen LogP contribution < -0.4 is 0 Å². The van der Waals surface area contributed by atoms with Crippen molar-refractivity contribution in [1.29, 1.82) is 0 Å². The topological polar surface area (TPSA) is 59.4 Å². The number of hydrogen-bond acceptors (Lipinski definition) is 3. The van der Waals surface area contributed by atoms with Gasteiger partial charge in [0.2, 0.25) is 0 Å². The first-order valence-electron chi connectivity index (χ1n) is 10.7. The van der Waals surface area contributed by atoms with Gasteiger partial charge in [-0.3, -0.25) is 9.78 Å². The average Bonchev–Trinajstić information content (AvgIpc) is 2.69. The van der Waals surface area contributed by atoms with Crippen LogP contribution in [0, 0.1) is 0 Å². The van der Waals surface area contributed by atoms with Gasteiger partial charge in [-0.15, -0.1) is 0 Å². The molecular weight excluding hydrogens is 390 g/mol. The molecule has 0 amide bonds. The number of allylic oxidation sites excluding steroid dienone is 1. The molecule has 0 radical (unpaired) electrons. The van der Waals surface area contributed by atoms with Crippen molar-refractivity contribution >= 4 is 19.9 Å². The molecule has 2 rings (SSSR count). The Morgan fingerprint density at radius 1 is 1.13 bits per heavy atom. The number of carbonyl (C=O) groups is 1. The monoisotopic (exact) mass is 425 g/mol. The van der Waals surface area contributed by atoms with E-state index in [0.29, 0.717) is 13.0 Å². The fourth-order valence-corrected chi connectivity index (χ4v) is 3.91. The largest absolute Gasteiger partial charge is 0.481 e. The Bertz CT molecular complexity index is 854. The highest BCUT2D eigenvalue weighted by Gasteiger charge is 2.37. The van der Waals surface area contributed by atoms with E-state index in [1.165, 1.54) is 5.56 Å². The van der Waals surface area contributed by atoms with E-state index in [9.17, 15) is 4.79 Å². The number of carboxylic acids is 1. The maximum Gasteiger partial charge on any atom is 0.303 e. The first kappa shape index (κ1) is 24.0. The third kappa shape index (κ3) is 6.92. The van der Waals surface area contributed by atoms with E-state index >= 15 is 0 Å². The maximum absolute atomic E-state index is 10.8. The second kappa shape index (κ2) is 10.7. The molecule has 0 atom stereocenters. The zero-order valence-electron chi connectivity index (χ0n) is 18.9. The molecule has 0 aliphatic rings. The molecule has 1 heterocycles. The van der Waals surface area contributed by atoms with Gasteiger partial charge in [0.15, 0.2) is 8.32 Å². The van der Waals surface area contributed by atoms with Gasteiger partial charge >= 0.3 is 5.97 Å². The van der Waals surface area contributed by atoms with Crippen LogP contribution in [0.4, 0.5) is 0 Å². The number of benzene rings is 1. The van der Waals surface area contributed by atoms with Crippen LogP contribution in [0.2, 0.25) is 18.1 Å². The Labute approximate surface area is 182 Å². The van der Waals surface area contributed by atoms with Gasteiger partial charge in [0.1, 0.15) is 0 Å². The van der Waals surface area contributed by atoms with Crippen LogP contribution in [-0.4, -0.2) is 24.4 Å². The summed E-state index contributed by atoms with van der Waals surface area (Å²) in [6.07, 6.45) is 8.45. The van der Waals surface area contributed by atoms with Crippen molar-refractivity contribution < 1.29 is 14.3 Å². The van der Waals surface area contributed by atoms with Gasteiger partial charge in [0.05, 0.1) is 6.61 Å². The molecule has 1 aromatic heterocycles. The number of aliphatic carboxylic acids is 1. The Hall–Kier alpha value is -2.24. The van der Waals surface area contributed by atoms with Crippen LogP contribution in [-0.2, 0) is 15.8 Å². The van der Waals surface area contributed by atoms with Crippen LogP contribution in [0.1, 0.15) is 63.1 Å². The summed E-state index contributed by atoms with van der Waals surface area (Å²) < 4.78 is 6.51. The molecule has 30 heavy (non-hydrogen) atoms. The number of unbranched alkanes of at least 4 members (excludes halogenated alkanes) is 2. The molecule has 0 saturated carbocycles. The van der Waals surface area contributed by atoms with E-state index in [1.54, 1.807) is 6.20 Å². The lowest BCUT2D eigenvalue weighted by Gasteiger charge is -2.36. The summed E-state index contributed by atoms with van der Waals surface area (Å²) in [5.41, 5.74) is 4.52. The molecule has 0 spiro atoms. The predicted molar refractivity (Wildman–Crippen MR) is 126 cm³/mol. The Morgan fingerprint density at radius 2 is 1.87 bits per heavy atom. The van der Waals surface area contributed by atoms with Gasteiger partial charge in [-0.1, -0.05) is 57.2 Å². The summed E-state index contributed by atoms with van der Waals surface area (Å²) in [5.74, 6) is -0.736. The number of aromatic nitrogens is 1. The fourth-order valence-electron chi connectivity index (χ4n) is 2.96. The van der Waals surface area contributed by atoms with Crippen molar-refractivity contribution in [3.05, 3.63) is 71.6 Å². The smallest absolute Gasteiger partial charge is 0.303 e. The summed E-state index contributed by atoms with van der Waals surface area (Å²) in [4.78, 5) is 15.1. The average molecular weight is 426 g/mol. The first-order chi connectivity index (χ1) is 14.1. The molecule has 0 aliphatic heterocycles. The van der Waals surface area contributed by atoms with Crippen molar-refractivity contribution in [1.82, 2.24) is 4.98 Å². The van der Waals surface area contributed by atoms with Crippen LogP contribution in [0.15, 0.2) is 54.9 Å². The molecule has 5 heteroatoms. The Balaban J connectivity index is 2.29. The lowest BCUT2D eigenvalue weighted by Crippen LogP contribution is -2.40. The minimum absolute atomic E-state index is 0.161. The summed E-state index contributed by atoms with van der Waals surface area (Å²) in [7, 11) is -1.86. The summed E-state index contributed by atoms with van der Waals surface area (Å²) in [5, 5.41) is 9.02. The lowest BCUT2D eigenvalue weighted by atomic mass is 9.93. The highest BCUT2D eigenvalue weighted by atomic mass is 28.4. The third-order valence-electron chi connectivity index (χ3n) is 5.87. The zero-order valence-corrected chi connectivity index (χ0v) is 19.9. The third-order valence-corrected chi connectivity index (χ3v) is 10.3. The summed E-state index contributed by atoms with van der Waals surface area (Å²) in [6, 6.07) is 12.4. The van der Waals surface area contributed by atoms with Crippen LogP contribution in [0.25, 0.3) is 5.57 Å². The quantitative estimate of drug-likeness (QED) is 0.341. The molecule has 162 valence electrons. The lowest BCUT2D eigenvalue weighted by molar-refractivity contribution is -0.137. The van der Waals surface area contributed by atoms with Crippen molar-refractivity contribution in [2.45, 2.75) is 71.2 Å². The molecule has 4 nitrogen and oxygen atoms in total. The van der Waals surface area contributed by atoms with Crippen LogP contribution in [0.5, 0.6) is 0 Å². The van der Waals surface area contributed by atoms with E-state index in [1.807, 2.05) is 12.3 Å². The van der Waals surface area contributed by atoms with Crippen molar-refractivity contribution in [2.24, 2.45) is 0 Å². The van der Waals surface area contributed by atoms with Gasteiger partial charge in [-0.05, 0) is 60.2 Å². The highest BCUT2D eigenvalue weighted by molar-refractivity contribution is 6.74. The predicted octanol–water partition coefficient (Wildman–Crippen LogP) is 6.68. The minimum atomic E-state index is -1.86. The zero-order chi connectivity index (χ0) is 22.2. The normalized spacial score (nSPS) is 12.8. The summed E-state index contributed by atoms with van der Waals surface area (Å²) in [6.45, 7) is 11.9. The van der Waals surface area contributed by atoms with Crippen molar-refractivity contribution in [2.75, 3.05) is 0 Å².